The topological polar surface area (TPSA) is 54.2 Å². The van der Waals surface area contributed by atoms with Gasteiger partial charge in [0.2, 0.25) is 0 Å². The predicted octanol–water partition coefficient (Wildman–Crippen LogP) is 1.48. The molecule has 1 aliphatic rings. The van der Waals surface area contributed by atoms with Crippen LogP contribution in [-0.4, -0.2) is 36.6 Å². The minimum absolute atomic E-state index is 0.779. The summed E-state index contributed by atoms with van der Waals surface area (Å²) >= 11 is 1.52. The Morgan fingerprint density at radius 2 is 2.33 bits per heavy atom. The summed E-state index contributed by atoms with van der Waals surface area (Å²) in [6.07, 6.45) is 4.27. The quantitative estimate of drug-likeness (QED) is 0.819. The Morgan fingerprint density at radius 3 is 2.93 bits per heavy atom. The van der Waals surface area contributed by atoms with Gasteiger partial charge in [0.25, 0.3) is 0 Å². The molecule has 1 aliphatic heterocycles. The van der Waals surface area contributed by atoms with Gasteiger partial charge >= 0.3 is 0 Å². The van der Waals surface area contributed by atoms with Gasteiger partial charge in [-0.25, -0.2) is 4.98 Å². The first-order valence-corrected chi connectivity index (χ1v) is 6.19. The number of hydrogen-bond acceptors (Lipinski definition) is 5. The van der Waals surface area contributed by atoms with Crippen LogP contribution in [0.25, 0.3) is 0 Å². The van der Waals surface area contributed by atoms with E-state index in [4.69, 9.17) is 5.73 Å². The molecule has 0 unspecified atom stereocenters. The standard InChI is InChI=1S/C10H18N4S/c1-14-4-2-8(3-5-14)6-12-10-13-7-9(11)15-10/h7-8H,2-6,11H2,1H3,(H,12,13). The third kappa shape index (κ3) is 3.07. The number of thiazole rings is 1. The van der Waals surface area contributed by atoms with Crippen molar-refractivity contribution < 1.29 is 0 Å². The normalized spacial score (nSPS) is 19.3. The van der Waals surface area contributed by atoms with Crippen molar-refractivity contribution in [3.8, 4) is 0 Å². The van der Waals surface area contributed by atoms with Crippen LogP contribution in [0.15, 0.2) is 6.20 Å². The molecule has 15 heavy (non-hydrogen) atoms. The Morgan fingerprint density at radius 1 is 1.60 bits per heavy atom. The molecule has 0 radical (unpaired) electrons. The number of nitrogen functional groups attached to an aromatic ring is 1. The van der Waals surface area contributed by atoms with Crippen LogP contribution < -0.4 is 11.1 Å². The highest BCUT2D eigenvalue weighted by Crippen LogP contribution is 2.21. The van der Waals surface area contributed by atoms with Crippen LogP contribution in [0.5, 0.6) is 0 Å². The molecule has 2 rings (SSSR count). The first kappa shape index (κ1) is 10.7. The van der Waals surface area contributed by atoms with E-state index in [-0.39, 0.29) is 0 Å². The third-order valence-corrected chi connectivity index (χ3v) is 3.69. The predicted molar refractivity (Wildman–Crippen MR) is 65.2 cm³/mol. The zero-order valence-electron chi connectivity index (χ0n) is 9.07. The Labute approximate surface area is 94.5 Å². The highest BCUT2D eigenvalue weighted by molar-refractivity contribution is 7.19. The van der Waals surface area contributed by atoms with Crippen LogP contribution >= 0.6 is 11.3 Å². The summed E-state index contributed by atoms with van der Waals surface area (Å²) in [6, 6.07) is 0. The van der Waals surface area contributed by atoms with Gasteiger partial charge in [-0.15, -0.1) is 0 Å². The Bertz CT molecular complexity index is 304. The monoisotopic (exact) mass is 226 g/mol. The molecule has 0 bridgehead atoms. The molecule has 0 amide bonds. The van der Waals surface area contributed by atoms with Crippen molar-refractivity contribution in [2.75, 3.05) is 37.7 Å². The maximum Gasteiger partial charge on any atom is 0.184 e. The van der Waals surface area contributed by atoms with E-state index in [0.29, 0.717) is 0 Å². The molecular formula is C10H18N4S. The van der Waals surface area contributed by atoms with E-state index in [1.165, 1.54) is 37.3 Å². The molecule has 1 aromatic rings. The second-order valence-corrected chi connectivity index (χ2v) is 5.26. The highest BCUT2D eigenvalue weighted by Gasteiger charge is 2.16. The SMILES string of the molecule is CN1CCC(CNc2ncc(N)s2)CC1. The van der Waals surface area contributed by atoms with Gasteiger partial charge in [0.05, 0.1) is 6.20 Å². The van der Waals surface area contributed by atoms with Crippen LogP contribution in [0, 0.1) is 5.92 Å². The summed E-state index contributed by atoms with van der Waals surface area (Å²) in [6.45, 7) is 3.46. The van der Waals surface area contributed by atoms with Crippen LogP contribution in [0.3, 0.4) is 0 Å². The van der Waals surface area contributed by atoms with E-state index in [0.717, 1.165) is 22.6 Å². The van der Waals surface area contributed by atoms with Crippen molar-refractivity contribution in [3.63, 3.8) is 0 Å². The van der Waals surface area contributed by atoms with Crippen molar-refractivity contribution >= 4 is 21.5 Å². The number of hydrogen-bond donors (Lipinski definition) is 2. The molecule has 1 aromatic heterocycles. The number of nitrogens with one attached hydrogen (secondary N) is 1. The van der Waals surface area contributed by atoms with Gasteiger partial charge in [-0.1, -0.05) is 11.3 Å². The minimum Gasteiger partial charge on any atom is -0.389 e. The fourth-order valence-corrected chi connectivity index (χ4v) is 2.46. The maximum absolute atomic E-state index is 5.61. The summed E-state index contributed by atoms with van der Waals surface area (Å²) in [4.78, 5) is 6.57. The lowest BCUT2D eigenvalue weighted by Crippen LogP contribution is -2.32. The molecule has 0 aliphatic carbocycles. The number of piperidine rings is 1. The molecule has 0 atom stereocenters. The van der Waals surface area contributed by atoms with Gasteiger partial charge in [-0.3, -0.25) is 0 Å². The fraction of sp³-hybridized carbons (Fsp3) is 0.700. The summed E-state index contributed by atoms with van der Waals surface area (Å²) in [5, 5.41) is 5.09. The number of anilines is 2. The van der Waals surface area contributed by atoms with Gasteiger partial charge in [0, 0.05) is 6.54 Å². The second kappa shape index (κ2) is 4.81. The molecule has 5 heteroatoms. The first-order chi connectivity index (χ1) is 7.24. The smallest absolute Gasteiger partial charge is 0.184 e. The number of nitrogens with zero attached hydrogens (tertiary/aromatic N) is 2. The van der Waals surface area contributed by atoms with E-state index >= 15 is 0 Å². The van der Waals surface area contributed by atoms with Crippen LogP contribution in [0.2, 0.25) is 0 Å². The van der Waals surface area contributed by atoms with Crippen LogP contribution in [0.1, 0.15) is 12.8 Å². The molecule has 4 nitrogen and oxygen atoms in total. The molecule has 0 saturated carbocycles. The third-order valence-electron chi connectivity index (χ3n) is 2.90. The lowest BCUT2D eigenvalue weighted by Gasteiger charge is -2.28. The van der Waals surface area contributed by atoms with Gasteiger partial charge in [-0.2, -0.15) is 0 Å². The molecule has 3 N–H and O–H groups in total. The Kier molecular flexibility index (Phi) is 3.43. The zero-order chi connectivity index (χ0) is 10.7. The van der Waals surface area contributed by atoms with Crippen molar-refractivity contribution in [2.24, 2.45) is 5.92 Å². The van der Waals surface area contributed by atoms with Crippen molar-refractivity contribution in [1.82, 2.24) is 9.88 Å². The van der Waals surface area contributed by atoms with Crippen molar-refractivity contribution in [3.05, 3.63) is 6.20 Å². The molecule has 1 saturated heterocycles. The summed E-state index contributed by atoms with van der Waals surface area (Å²) in [5.41, 5.74) is 5.61. The van der Waals surface area contributed by atoms with Gasteiger partial charge in [0.15, 0.2) is 5.13 Å². The summed E-state index contributed by atoms with van der Waals surface area (Å²) in [7, 11) is 2.19. The minimum atomic E-state index is 0.779. The maximum atomic E-state index is 5.61. The number of nitrogens with two attached hydrogens (primary N) is 1. The van der Waals surface area contributed by atoms with E-state index in [9.17, 15) is 0 Å². The molecular weight excluding hydrogens is 208 g/mol. The molecule has 0 spiro atoms. The van der Waals surface area contributed by atoms with E-state index in [2.05, 4.69) is 22.2 Å². The number of likely N-dealkylation sites (tertiary alicyclic amines) is 1. The summed E-state index contributed by atoms with van der Waals surface area (Å²) < 4.78 is 0. The van der Waals surface area contributed by atoms with Gasteiger partial charge in [-0.05, 0) is 38.9 Å². The van der Waals surface area contributed by atoms with Gasteiger partial charge < -0.3 is 16.0 Å². The molecule has 84 valence electrons. The average Bonchev–Trinajstić information content (AvgIpc) is 2.64. The average molecular weight is 226 g/mol. The van der Waals surface area contributed by atoms with E-state index < -0.39 is 0 Å². The Hall–Kier alpha value is -0.810. The van der Waals surface area contributed by atoms with E-state index in [1.54, 1.807) is 6.20 Å². The zero-order valence-corrected chi connectivity index (χ0v) is 9.89. The lowest BCUT2D eigenvalue weighted by molar-refractivity contribution is 0.226. The largest absolute Gasteiger partial charge is 0.389 e. The molecule has 0 aromatic carbocycles. The number of aromatic nitrogens is 1. The highest BCUT2D eigenvalue weighted by atomic mass is 32.1. The molecule has 2 heterocycles. The first-order valence-electron chi connectivity index (χ1n) is 5.38. The number of rotatable bonds is 3. The molecule has 1 fully saturated rings. The fourth-order valence-electron chi connectivity index (χ4n) is 1.87. The summed E-state index contributed by atoms with van der Waals surface area (Å²) in [5.74, 6) is 0.784. The Balaban J connectivity index is 1.74. The lowest BCUT2D eigenvalue weighted by atomic mass is 9.97. The second-order valence-electron chi connectivity index (χ2n) is 4.20. The van der Waals surface area contributed by atoms with Crippen LogP contribution in [-0.2, 0) is 0 Å². The van der Waals surface area contributed by atoms with E-state index in [1.807, 2.05) is 0 Å². The van der Waals surface area contributed by atoms with Crippen LogP contribution in [0.4, 0.5) is 10.1 Å². The van der Waals surface area contributed by atoms with Gasteiger partial charge in [0.1, 0.15) is 5.00 Å². The van der Waals surface area contributed by atoms with Crippen molar-refractivity contribution in [1.29, 1.82) is 0 Å². The van der Waals surface area contributed by atoms with Crippen molar-refractivity contribution in [2.45, 2.75) is 12.8 Å².